The van der Waals surface area contributed by atoms with Crippen molar-refractivity contribution in [3.8, 4) is 11.5 Å². The molecule has 1 amide bonds. The fourth-order valence-corrected chi connectivity index (χ4v) is 3.43. The zero-order valence-electron chi connectivity index (χ0n) is 16.0. The molecule has 0 bridgehead atoms. The van der Waals surface area contributed by atoms with E-state index >= 15 is 0 Å². The third-order valence-corrected chi connectivity index (χ3v) is 4.87. The highest BCUT2D eigenvalue weighted by Crippen LogP contribution is 2.34. The normalized spacial score (nSPS) is 14.5. The van der Waals surface area contributed by atoms with E-state index in [9.17, 15) is 4.79 Å². The molecule has 5 nitrogen and oxygen atoms in total. The van der Waals surface area contributed by atoms with Crippen molar-refractivity contribution >= 4 is 18.3 Å². The van der Waals surface area contributed by atoms with Gasteiger partial charge >= 0.3 is 0 Å². The highest BCUT2D eigenvalue weighted by atomic mass is 35.5. The molecule has 1 saturated heterocycles. The lowest BCUT2D eigenvalue weighted by atomic mass is 9.93. The van der Waals surface area contributed by atoms with E-state index in [0.717, 1.165) is 38.0 Å². The number of rotatable bonds is 8. The first-order chi connectivity index (χ1) is 12.1. The van der Waals surface area contributed by atoms with E-state index < -0.39 is 0 Å². The summed E-state index contributed by atoms with van der Waals surface area (Å²) >= 11 is 0. The van der Waals surface area contributed by atoms with E-state index in [-0.39, 0.29) is 18.3 Å². The molecule has 1 N–H and O–H groups in total. The van der Waals surface area contributed by atoms with E-state index in [1.165, 1.54) is 6.42 Å². The van der Waals surface area contributed by atoms with Gasteiger partial charge in [0.25, 0.3) is 5.91 Å². The van der Waals surface area contributed by atoms with E-state index in [2.05, 4.69) is 11.9 Å². The van der Waals surface area contributed by atoms with Gasteiger partial charge in [-0.15, -0.1) is 19.0 Å². The first-order valence-electron chi connectivity index (χ1n) is 8.94. The molecule has 2 rings (SSSR count). The Balaban J connectivity index is 0.00000338. The molecule has 1 aliphatic heterocycles. The lowest BCUT2D eigenvalue weighted by Crippen LogP contribution is -2.39. The molecule has 0 unspecified atom stereocenters. The number of carbonyl (C=O) groups is 1. The maximum Gasteiger partial charge on any atom is 0.254 e. The fraction of sp³-hybridized carbons (Fsp3) is 0.550. The second-order valence-corrected chi connectivity index (χ2v) is 6.49. The Labute approximate surface area is 163 Å². The van der Waals surface area contributed by atoms with Crippen LogP contribution in [0, 0.1) is 5.92 Å². The lowest BCUT2D eigenvalue weighted by Gasteiger charge is -2.32. The van der Waals surface area contributed by atoms with Crippen molar-refractivity contribution in [2.45, 2.75) is 25.7 Å². The maximum absolute atomic E-state index is 12.9. The molecule has 0 aromatic heterocycles. The van der Waals surface area contributed by atoms with Crippen LogP contribution in [0.1, 0.15) is 35.2 Å². The van der Waals surface area contributed by atoms with Crippen LogP contribution in [0.5, 0.6) is 11.5 Å². The molecule has 146 valence electrons. The van der Waals surface area contributed by atoms with Gasteiger partial charge in [0.15, 0.2) is 11.5 Å². The smallest absolute Gasteiger partial charge is 0.254 e. The summed E-state index contributed by atoms with van der Waals surface area (Å²) in [5.74, 6) is 2.04. The van der Waals surface area contributed by atoms with Gasteiger partial charge in [0.2, 0.25) is 0 Å². The molecular formula is C20H31ClN2O3. The number of methoxy groups -OCH3 is 2. The predicted octanol–water partition coefficient (Wildman–Crippen LogP) is 3.32. The highest BCUT2D eigenvalue weighted by Gasteiger charge is 2.25. The molecule has 1 heterocycles. The second kappa shape index (κ2) is 11.1. The topological polar surface area (TPSA) is 50.8 Å². The number of piperidine rings is 1. The van der Waals surface area contributed by atoms with Gasteiger partial charge in [-0.25, -0.2) is 0 Å². The standard InChI is InChI=1S/C20H30N2O3.ClH/c1-5-6-16-13-17(14-18(24-3)19(16)25-4)20(23)22-11-8-15(9-12-22)7-10-21-2;/h5,13-15,21H,1,6-12H2,2-4H3;1H. The van der Waals surface area contributed by atoms with Crippen LogP contribution in [0.15, 0.2) is 24.8 Å². The van der Waals surface area contributed by atoms with E-state index in [1.807, 2.05) is 18.0 Å². The summed E-state index contributed by atoms with van der Waals surface area (Å²) < 4.78 is 10.9. The number of hydrogen-bond acceptors (Lipinski definition) is 4. The lowest BCUT2D eigenvalue weighted by molar-refractivity contribution is 0.0686. The number of hydrogen-bond donors (Lipinski definition) is 1. The molecule has 6 heteroatoms. The number of ether oxygens (including phenoxy) is 2. The molecule has 0 aliphatic carbocycles. The minimum absolute atomic E-state index is 0. The van der Waals surface area contributed by atoms with Gasteiger partial charge in [0.05, 0.1) is 14.2 Å². The fourth-order valence-electron chi connectivity index (χ4n) is 3.43. The molecular weight excluding hydrogens is 352 g/mol. The Morgan fingerprint density at radius 1 is 1.31 bits per heavy atom. The Morgan fingerprint density at radius 2 is 2.00 bits per heavy atom. The van der Waals surface area contributed by atoms with Gasteiger partial charge in [-0.2, -0.15) is 0 Å². The SMILES string of the molecule is C=CCc1cc(C(=O)N2CCC(CCNC)CC2)cc(OC)c1OC.Cl. The van der Waals surface area contributed by atoms with Crippen molar-refractivity contribution in [2.24, 2.45) is 5.92 Å². The number of allylic oxidation sites excluding steroid dienone is 1. The monoisotopic (exact) mass is 382 g/mol. The summed E-state index contributed by atoms with van der Waals surface area (Å²) in [6, 6.07) is 3.68. The van der Waals surface area contributed by atoms with Gasteiger partial charge in [0.1, 0.15) is 0 Å². The number of carbonyl (C=O) groups excluding carboxylic acids is 1. The maximum atomic E-state index is 12.9. The molecule has 26 heavy (non-hydrogen) atoms. The molecule has 0 atom stereocenters. The summed E-state index contributed by atoms with van der Waals surface area (Å²) in [4.78, 5) is 14.9. The molecule has 0 spiro atoms. The zero-order valence-corrected chi connectivity index (χ0v) is 16.9. The van der Waals surface area contributed by atoms with E-state index in [0.29, 0.717) is 29.4 Å². The average molecular weight is 383 g/mol. The molecule has 0 radical (unpaired) electrons. The zero-order chi connectivity index (χ0) is 18.2. The van der Waals surface area contributed by atoms with Crippen molar-refractivity contribution < 1.29 is 14.3 Å². The van der Waals surface area contributed by atoms with Gasteiger partial charge in [0, 0.05) is 24.2 Å². The first kappa shape index (κ1) is 22.3. The molecule has 1 fully saturated rings. The van der Waals surface area contributed by atoms with Crippen LogP contribution in [0.3, 0.4) is 0 Å². The van der Waals surface area contributed by atoms with Gasteiger partial charge < -0.3 is 19.7 Å². The molecule has 1 aliphatic rings. The molecule has 1 aromatic carbocycles. The number of nitrogens with one attached hydrogen (secondary N) is 1. The number of likely N-dealkylation sites (tertiary alicyclic amines) is 1. The first-order valence-corrected chi connectivity index (χ1v) is 8.94. The molecule has 0 saturated carbocycles. The predicted molar refractivity (Wildman–Crippen MR) is 108 cm³/mol. The van der Waals surface area contributed by atoms with Crippen LogP contribution in [0.4, 0.5) is 0 Å². The van der Waals surface area contributed by atoms with Crippen molar-refractivity contribution in [3.05, 3.63) is 35.9 Å². The van der Waals surface area contributed by atoms with Crippen molar-refractivity contribution in [2.75, 3.05) is 40.9 Å². The van der Waals surface area contributed by atoms with Gasteiger partial charge in [-0.05, 0) is 57.3 Å². The van der Waals surface area contributed by atoms with Crippen molar-refractivity contribution in [3.63, 3.8) is 0 Å². The highest BCUT2D eigenvalue weighted by molar-refractivity contribution is 5.95. The molecule has 1 aromatic rings. The van der Waals surface area contributed by atoms with Crippen LogP contribution < -0.4 is 14.8 Å². The average Bonchev–Trinajstić information content (AvgIpc) is 2.65. The Hall–Kier alpha value is -1.72. The van der Waals surface area contributed by atoms with Gasteiger partial charge in [-0.1, -0.05) is 6.08 Å². The minimum atomic E-state index is 0. The largest absolute Gasteiger partial charge is 0.493 e. The summed E-state index contributed by atoms with van der Waals surface area (Å²) in [6.07, 6.45) is 5.75. The van der Waals surface area contributed by atoms with Gasteiger partial charge in [-0.3, -0.25) is 4.79 Å². The number of halogens is 1. The summed E-state index contributed by atoms with van der Waals surface area (Å²) in [5, 5.41) is 3.20. The van der Waals surface area contributed by atoms with Crippen molar-refractivity contribution in [1.82, 2.24) is 10.2 Å². The Kier molecular flexibility index (Phi) is 9.52. The van der Waals surface area contributed by atoms with E-state index in [4.69, 9.17) is 9.47 Å². The van der Waals surface area contributed by atoms with Crippen LogP contribution in [0.2, 0.25) is 0 Å². The quantitative estimate of drug-likeness (QED) is 0.701. The number of benzene rings is 1. The number of nitrogens with zero attached hydrogens (tertiary/aromatic N) is 1. The number of amides is 1. The third-order valence-electron chi connectivity index (χ3n) is 4.87. The van der Waals surface area contributed by atoms with Crippen LogP contribution >= 0.6 is 12.4 Å². The summed E-state index contributed by atoms with van der Waals surface area (Å²) in [6.45, 7) is 6.46. The van der Waals surface area contributed by atoms with Crippen LogP contribution in [-0.2, 0) is 6.42 Å². The van der Waals surface area contributed by atoms with Crippen molar-refractivity contribution in [1.29, 1.82) is 0 Å². The van der Waals surface area contributed by atoms with Crippen LogP contribution in [0.25, 0.3) is 0 Å². The summed E-state index contributed by atoms with van der Waals surface area (Å²) in [7, 11) is 5.19. The Bertz CT molecular complexity index is 599. The van der Waals surface area contributed by atoms with Crippen LogP contribution in [-0.4, -0.2) is 51.7 Å². The minimum Gasteiger partial charge on any atom is -0.493 e. The Morgan fingerprint density at radius 3 is 2.54 bits per heavy atom. The second-order valence-electron chi connectivity index (χ2n) is 6.49. The van der Waals surface area contributed by atoms with E-state index in [1.54, 1.807) is 26.4 Å². The third kappa shape index (κ3) is 5.39. The summed E-state index contributed by atoms with van der Waals surface area (Å²) in [5.41, 5.74) is 1.58.